The zero-order valence-corrected chi connectivity index (χ0v) is 14.6. The van der Waals surface area contributed by atoms with Crippen molar-refractivity contribution in [2.45, 2.75) is 20.4 Å². The van der Waals surface area contributed by atoms with E-state index in [2.05, 4.69) is 5.32 Å². The Bertz CT molecular complexity index is 793. The molecule has 0 saturated heterocycles. The number of carbonyl (C=O) groups is 2. The summed E-state index contributed by atoms with van der Waals surface area (Å²) in [4.78, 5) is 25.7. The third-order valence-electron chi connectivity index (χ3n) is 3.69. The maximum Gasteiger partial charge on any atom is 0.340 e. The number of hydrogen-bond acceptors (Lipinski definition) is 5. The highest BCUT2D eigenvalue weighted by Gasteiger charge is 2.24. The van der Waals surface area contributed by atoms with Crippen molar-refractivity contribution in [3.05, 3.63) is 23.4 Å². The number of fused-ring (bicyclic) bond motifs is 1. The highest BCUT2D eigenvalue weighted by Crippen LogP contribution is 2.35. The van der Waals surface area contributed by atoms with Gasteiger partial charge in [-0.2, -0.15) is 0 Å². The molecule has 2 rings (SSSR count). The maximum atomic E-state index is 12.4. The molecule has 7 heteroatoms. The summed E-state index contributed by atoms with van der Waals surface area (Å²) in [6, 6.07) is 3.15. The molecule has 2 N–H and O–H groups in total. The zero-order valence-electron chi connectivity index (χ0n) is 14.6. The Balaban J connectivity index is 2.73. The van der Waals surface area contributed by atoms with Crippen LogP contribution in [0.25, 0.3) is 10.9 Å². The molecule has 1 heterocycles. The van der Waals surface area contributed by atoms with Crippen LogP contribution in [-0.2, 0) is 23.1 Å². The van der Waals surface area contributed by atoms with Gasteiger partial charge in [-0.15, -0.1) is 0 Å². The standard InChI is InChI=1S/C17H23N3O4/c1-6-24-17(23)16-11-7-15(22)12(18-10(2)21)8-13(11)20(5)14(16)9-19(3)4/h7-8,22H,6,9H2,1-5H3,(H,18,21). The molecule has 0 saturated carbocycles. The van der Waals surface area contributed by atoms with Crippen molar-refractivity contribution in [3.8, 4) is 5.75 Å². The smallest absolute Gasteiger partial charge is 0.340 e. The van der Waals surface area contributed by atoms with Crippen molar-refractivity contribution in [2.75, 3.05) is 26.0 Å². The number of rotatable bonds is 5. The lowest BCUT2D eigenvalue weighted by Gasteiger charge is -2.13. The van der Waals surface area contributed by atoms with Crippen LogP contribution >= 0.6 is 0 Å². The van der Waals surface area contributed by atoms with Gasteiger partial charge in [0.25, 0.3) is 0 Å². The number of hydrogen-bond donors (Lipinski definition) is 2. The molecule has 24 heavy (non-hydrogen) atoms. The van der Waals surface area contributed by atoms with Crippen LogP contribution in [0.2, 0.25) is 0 Å². The van der Waals surface area contributed by atoms with Gasteiger partial charge in [-0.1, -0.05) is 0 Å². The Labute approximate surface area is 140 Å². The average molecular weight is 333 g/mol. The molecule has 0 aliphatic carbocycles. The SMILES string of the molecule is CCOC(=O)c1c(CN(C)C)n(C)c2cc(NC(C)=O)c(O)cc12. The number of aromatic hydroxyl groups is 1. The monoisotopic (exact) mass is 333 g/mol. The molecular weight excluding hydrogens is 310 g/mol. The first-order valence-corrected chi connectivity index (χ1v) is 7.70. The number of benzene rings is 1. The number of phenolic OH excluding ortho intramolecular Hbond substituents is 1. The number of esters is 1. The van der Waals surface area contributed by atoms with Crippen molar-refractivity contribution < 1.29 is 19.4 Å². The first kappa shape index (κ1) is 17.8. The van der Waals surface area contributed by atoms with E-state index in [1.807, 2.05) is 30.6 Å². The molecule has 0 atom stereocenters. The van der Waals surface area contributed by atoms with Crippen LogP contribution in [0.1, 0.15) is 29.9 Å². The number of aryl methyl sites for hydroxylation is 1. The molecule has 1 amide bonds. The lowest BCUT2D eigenvalue weighted by Crippen LogP contribution is -2.17. The molecule has 0 aliphatic rings. The second-order valence-electron chi connectivity index (χ2n) is 5.91. The van der Waals surface area contributed by atoms with Crippen molar-refractivity contribution in [3.63, 3.8) is 0 Å². The summed E-state index contributed by atoms with van der Waals surface area (Å²) in [6.45, 7) is 3.93. The molecule has 0 spiro atoms. The summed E-state index contributed by atoms with van der Waals surface area (Å²) < 4.78 is 7.07. The maximum absolute atomic E-state index is 12.4. The van der Waals surface area contributed by atoms with E-state index in [-0.39, 0.29) is 18.3 Å². The molecule has 7 nitrogen and oxygen atoms in total. The molecule has 130 valence electrons. The van der Waals surface area contributed by atoms with Crippen LogP contribution in [0, 0.1) is 0 Å². The number of ether oxygens (including phenoxy) is 1. The fourth-order valence-corrected chi connectivity index (χ4v) is 2.73. The van der Waals surface area contributed by atoms with E-state index in [0.29, 0.717) is 23.2 Å². The molecule has 1 aromatic carbocycles. The van der Waals surface area contributed by atoms with Gasteiger partial charge in [-0.25, -0.2) is 4.79 Å². The summed E-state index contributed by atoms with van der Waals surface area (Å²) in [6.07, 6.45) is 0. The predicted molar refractivity (Wildman–Crippen MR) is 92.2 cm³/mol. The van der Waals surface area contributed by atoms with Gasteiger partial charge < -0.3 is 24.6 Å². The minimum atomic E-state index is -0.424. The molecule has 2 aromatic rings. The predicted octanol–water partition coefficient (Wildman–Crippen LogP) is 2.08. The molecule has 1 aromatic heterocycles. The molecule has 0 bridgehead atoms. The summed E-state index contributed by atoms with van der Waals surface area (Å²) in [5, 5.41) is 13.4. The number of anilines is 1. The normalized spacial score (nSPS) is 11.1. The Morgan fingerprint density at radius 3 is 2.54 bits per heavy atom. The first-order chi connectivity index (χ1) is 11.3. The highest BCUT2D eigenvalue weighted by atomic mass is 16.5. The second-order valence-corrected chi connectivity index (χ2v) is 5.91. The second kappa shape index (κ2) is 6.92. The third kappa shape index (κ3) is 3.35. The number of aromatic nitrogens is 1. The van der Waals surface area contributed by atoms with Crippen LogP contribution in [0.15, 0.2) is 12.1 Å². The fraction of sp³-hybridized carbons (Fsp3) is 0.412. The van der Waals surface area contributed by atoms with Crippen molar-refractivity contribution in [1.82, 2.24) is 9.47 Å². The van der Waals surface area contributed by atoms with E-state index in [1.54, 1.807) is 13.0 Å². The van der Waals surface area contributed by atoms with Crippen LogP contribution in [0.4, 0.5) is 5.69 Å². The van der Waals surface area contributed by atoms with E-state index in [9.17, 15) is 14.7 Å². The van der Waals surface area contributed by atoms with Gasteiger partial charge >= 0.3 is 5.97 Å². The van der Waals surface area contributed by atoms with Crippen molar-refractivity contribution in [2.24, 2.45) is 7.05 Å². The summed E-state index contributed by atoms with van der Waals surface area (Å²) in [5.74, 6) is -0.796. The molecule has 0 fully saturated rings. The average Bonchev–Trinajstić information content (AvgIpc) is 2.71. The number of nitrogens with one attached hydrogen (secondary N) is 1. The minimum absolute atomic E-state index is 0.0924. The van der Waals surface area contributed by atoms with Gasteiger partial charge in [0.15, 0.2) is 0 Å². The van der Waals surface area contributed by atoms with E-state index in [0.717, 1.165) is 11.2 Å². The van der Waals surface area contributed by atoms with Gasteiger partial charge in [-0.05, 0) is 33.2 Å². The van der Waals surface area contributed by atoms with E-state index in [4.69, 9.17) is 4.74 Å². The van der Waals surface area contributed by atoms with Gasteiger partial charge in [0.1, 0.15) is 5.75 Å². The Kier molecular flexibility index (Phi) is 5.14. The largest absolute Gasteiger partial charge is 0.506 e. The fourth-order valence-electron chi connectivity index (χ4n) is 2.73. The van der Waals surface area contributed by atoms with Gasteiger partial charge in [0.05, 0.1) is 23.4 Å². The molecule has 0 radical (unpaired) electrons. The number of amides is 1. The zero-order chi connectivity index (χ0) is 18.0. The molecule has 0 unspecified atom stereocenters. The first-order valence-electron chi connectivity index (χ1n) is 7.70. The quantitative estimate of drug-likeness (QED) is 0.646. The topological polar surface area (TPSA) is 83.8 Å². The van der Waals surface area contributed by atoms with E-state index in [1.165, 1.54) is 13.0 Å². The van der Waals surface area contributed by atoms with Gasteiger partial charge in [-0.3, -0.25) is 4.79 Å². The van der Waals surface area contributed by atoms with E-state index < -0.39 is 5.97 Å². The van der Waals surface area contributed by atoms with Crippen LogP contribution < -0.4 is 5.32 Å². The highest BCUT2D eigenvalue weighted by molar-refractivity contribution is 6.08. The lowest BCUT2D eigenvalue weighted by atomic mass is 10.1. The number of carbonyl (C=O) groups excluding carboxylic acids is 2. The van der Waals surface area contributed by atoms with Crippen molar-refractivity contribution >= 4 is 28.5 Å². The lowest BCUT2D eigenvalue weighted by molar-refractivity contribution is -0.114. The van der Waals surface area contributed by atoms with E-state index >= 15 is 0 Å². The third-order valence-corrected chi connectivity index (χ3v) is 3.69. The van der Waals surface area contributed by atoms with Gasteiger partial charge in [0.2, 0.25) is 5.91 Å². The van der Waals surface area contributed by atoms with Gasteiger partial charge in [0, 0.05) is 31.6 Å². The van der Waals surface area contributed by atoms with Crippen LogP contribution in [0.3, 0.4) is 0 Å². The summed E-state index contributed by atoms with van der Waals surface area (Å²) >= 11 is 0. The summed E-state index contributed by atoms with van der Waals surface area (Å²) in [7, 11) is 5.66. The van der Waals surface area contributed by atoms with Crippen LogP contribution in [-0.4, -0.2) is 47.2 Å². The Morgan fingerprint density at radius 2 is 2.00 bits per heavy atom. The Hall–Kier alpha value is -2.54. The van der Waals surface area contributed by atoms with Crippen LogP contribution in [0.5, 0.6) is 5.75 Å². The number of nitrogens with zero attached hydrogens (tertiary/aromatic N) is 2. The summed E-state index contributed by atoms with van der Waals surface area (Å²) in [5.41, 5.74) is 2.26. The Morgan fingerprint density at radius 1 is 1.33 bits per heavy atom. The molecule has 0 aliphatic heterocycles. The molecular formula is C17H23N3O4. The minimum Gasteiger partial charge on any atom is -0.506 e. The van der Waals surface area contributed by atoms with Crippen molar-refractivity contribution in [1.29, 1.82) is 0 Å². The number of phenols is 1.